The van der Waals surface area contributed by atoms with E-state index in [1.165, 1.54) is 25.2 Å². The average Bonchev–Trinajstić information content (AvgIpc) is 2.87. The van der Waals surface area contributed by atoms with Gasteiger partial charge in [-0.2, -0.15) is 18.3 Å². The van der Waals surface area contributed by atoms with Crippen molar-refractivity contribution in [2.45, 2.75) is 45.0 Å². The highest BCUT2D eigenvalue weighted by molar-refractivity contribution is 5.79. The van der Waals surface area contributed by atoms with Gasteiger partial charge in [-0.05, 0) is 19.3 Å². The number of hydrogen-bond donors (Lipinski definition) is 0. The highest BCUT2D eigenvalue weighted by Crippen LogP contribution is 2.31. The summed E-state index contributed by atoms with van der Waals surface area (Å²) in [4.78, 5) is 13.9. The molecule has 0 unspecified atom stereocenters. The fourth-order valence-corrected chi connectivity index (χ4v) is 3.03. The van der Waals surface area contributed by atoms with Crippen molar-refractivity contribution in [3.8, 4) is 0 Å². The van der Waals surface area contributed by atoms with Crippen LogP contribution in [0, 0.1) is 5.92 Å². The lowest BCUT2D eigenvalue weighted by Crippen LogP contribution is -2.42. The maximum Gasteiger partial charge on any atom is 0.435 e. The molecule has 0 spiro atoms. The number of aromatic nitrogens is 2. The summed E-state index contributed by atoms with van der Waals surface area (Å²) in [6.45, 7) is 2.46. The molecule has 23 heavy (non-hydrogen) atoms. The molecule has 2 heterocycles. The molecule has 1 aliphatic heterocycles. The first kappa shape index (κ1) is 17.8. The van der Waals surface area contributed by atoms with Crippen molar-refractivity contribution >= 4 is 5.91 Å². The van der Waals surface area contributed by atoms with E-state index in [-0.39, 0.29) is 30.0 Å². The van der Waals surface area contributed by atoms with E-state index in [1.807, 2.05) is 6.92 Å². The number of amides is 1. The van der Waals surface area contributed by atoms with Crippen molar-refractivity contribution in [1.29, 1.82) is 0 Å². The number of alkyl halides is 3. The van der Waals surface area contributed by atoms with Crippen molar-refractivity contribution in [2.75, 3.05) is 13.7 Å². The molecule has 1 aromatic rings. The van der Waals surface area contributed by atoms with Crippen molar-refractivity contribution in [3.05, 3.63) is 17.5 Å². The molecule has 0 radical (unpaired) electrons. The summed E-state index contributed by atoms with van der Waals surface area (Å²) in [5.74, 6) is -0.460. The predicted octanol–water partition coefficient (Wildman–Crippen LogP) is 2.60. The quantitative estimate of drug-likeness (QED) is 0.851. The van der Waals surface area contributed by atoms with E-state index >= 15 is 0 Å². The molecular weight excluding hydrogens is 311 g/mol. The molecule has 0 N–H and O–H groups in total. The lowest BCUT2D eigenvalue weighted by Gasteiger charge is -2.33. The molecule has 8 heteroatoms. The summed E-state index contributed by atoms with van der Waals surface area (Å²) in [7, 11) is 2.96. The molecule has 1 aliphatic rings. The lowest BCUT2D eigenvalue weighted by molar-refractivity contribution is -0.147. The number of hydrogen-bond acceptors (Lipinski definition) is 3. The second-order valence-corrected chi connectivity index (χ2v) is 5.93. The van der Waals surface area contributed by atoms with Gasteiger partial charge in [0, 0.05) is 39.0 Å². The fraction of sp³-hybridized carbons (Fsp3) is 0.733. The molecule has 1 amide bonds. The maximum atomic E-state index is 13.0. The normalized spacial score (nSPS) is 22.2. The van der Waals surface area contributed by atoms with E-state index in [0.29, 0.717) is 19.4 Å². The lowest BCUT2D eigenvalue weighted by atomic mass is 9.91. The van der Waals surface area contributed by atoms with Gasteiger partial charge in [0.2, 0.25) is 5.91 Å². The standard InChI is InChI=1S/C15H22F3N3O2/c1-4-12-11(6-5-7-23-12)14(22)20(2)8-10-9-21(3)19-13(10)15(16,17)18/h9,11-12H,4-8H2,1-3H3/t11-,12-/m1/s1. The molecule has 1 aromatic heterocycles. The van der Waals surface area contributed by atoms with Gasteiger partial charge >= 0.3 is 6.18 Å². The predicted molar refractivity (Wildman–Crippen MR) is 77.4 cm³/mol. The maximum absolute atomic E-state index is 13.0. The first-order valence-electron chi connectivity index (χ1n) is 7.70. The van der Waals surface area contributed by atoms with Gasteiger partial charge in [0.05, 0.1) is 12.0 Å². The SMILES string of the molecule is CC[C@H]1OCCC[C@H]1C(=O)N(C)Cc1cn(C)nc1C(F)(F)F. The number of nitrogens with zero attached hydrogens (tertiary/aromatic N) is 3. The van der Waals surface area contributed by atoms with Crippen LogP contribution in [0.25, 0.3) is 0 Å². The van der Waals surface area contributed by atoms with Gasteiger partial charge in [0.1, 0.15) is 0 Å². The smallest absolute Gasteiger partial charge is 0.377 e. The van der Waals surface area contributed by atoms with Gasteiger partial charge in [-0.1, -0.05) is 6.92 Å². The van der Waals surface area contributed by atoms with E-state index in [4.69, 9.17) is 4.74 Å². The minimum atomic E-state index is -4.53. The molecule has 1 saturated heterocycles. The summed E-state index contributed by atoms with van der Waals surface area (Å²) in [5.41, 5.74) is -0.938. The van der Waals surface area contributed by atoms with Crippen LogP contribution in [0.1, 0.15) is 37.4 Å². The molecule has 1 fully saturated rings. The molecule has 2 atom stereocenters. The van der Waals surface area contributed by atoms with Gasteiger partial charge in [-0.15, -0.1) is 0 Å². The van der Waals surface area contributed by atoms with Crippen LogP contribution in [0.4, 0.5) is 13.2 Å². The van der Waals surface area contributed by atoms with Crippen molar-refractivity contribution < 1.29 is 22.7 Å². The van der Waals surface area contributed by atoms with Crippen LogP contribution in [-0.4, -0.2) is 40.3 Å². The Bertz CT molecular complexity index is 557. The Morgan fingerprint density at radius 1 is 1.52 bits per heavy atom. The summed E-state index contributed by atoms with van der Waals surface area (Å²) < 4.78 is 45.7. The van der Waals surface area contributed by atoms with Gasteiger partial charge in [-0.25, -0.2) is 0 Å². The van der Waals surface area contributed by atoms with E-state index in [0.717, 1.165) is 11.1 Å². The third-order valence-electron chi connectivity index (χ3n) is 4.12. The zero-order valence-electron chi connectivity index (χ0n) is 13.6. The minimum Gasteiger partial charge on any atom is -0.377 e. The average molecular weight is 333 g/mol. The summed E-state index contributed by atoms with van der Waals surface area (Å²) in [5, 5.41) is 3.47. The fourth-order valence-electron chi connectivity index (χ4n) is 3.03. The Morgan fingerprint density at radius 3 is 2.83 bits per heavy atom. The van der Waals surface area contributed by atoms with Crippen LogP contribution < -0.4 is 0 Å². The molecule has 130 valence electrons. The number of rotatable bonds is 4. The molecule has 0 aromatic carbocycles. The second kappa shape index (κ2) is 6.90. The largest absolute Gasteiger partial charge is 0.435 e. The minimum absolute atomic E-state index is 0.000580. The Hall–Kier alpha value is -1.57. The van der Waals surface area contributed by atoms with Crippen LogP contribution in [-0.2, 0) is 29.3 Å². The number of halogens is 3. The highest BCUT2D eigenvalue weighted by atomic mass is 19.4. The molecule has 0 saturated carbocycles. The van der Waals surface area contributed by atoms with Gasteiger partial charge in [0.15, 0.2) is 5.69 Å². The first-order valence-corrected chi connectivity index (χ1v) is 7.70. The number of ether oxygens (including phenoxy) is 1. The Morgan fingerprint density at radius 2 is 2.22 bits per heavy atom. The third kappa shape index (κ3) is 4.04. The van der Waals surface area contributed by atoms with Gasteiger partial charge in [0.25, 0.3) is 0 Å². The van der Waals surface area contributed by atoms with E-state index in [1.54, 1.807) is 0 Å². The molecule has 0 bridgehead atoms. The van der Waals surface area contributed by atoms with Crippen molar-refractivity contribution in [1.82, 2.24) is 14.7 Å². The van der Waals surface area contributed by atoms with Crippen LogP contribution >= 0.6 is 0 Å². The molecular formula is C15H22F3N3O2. The number of aryl methyl sites for hydroxylation is 1. The summed E-state index contributed by atoms with van der Waals surface area (Å²) >= 11 is 0. The van der Waals surface area contributed by atoms with Crippen LogP contribution in [0.3, 0.4) is 0 Å². The van der Waals surface area contributed by atoms with E-state index in [9.17, 15) is 18.0 Å². The summed E-state index contributed by atoms with van der Waals surface area (Å²) in [6, 6.07) is 0. The molecule has 2 rings (SSSR count). The second-order valence-electron chi connectivity index (χ2n) is 5.93. The monoisotopic (exact) mass is 333 g/mol. The molecule has 0 aliphatic carbocycles. The van der Waals surface area contributed by atoms with Crippen LogP contribution in [0.2, 0.25) is 0 Å². The van der Waals surface area contributed by atoms with Crippen molar-refractivity contribution in [2.24, 2.45) is 13.0 Å². The van der Waals surface area contributed by atoms with E-state index < -0.39 is 11.9 Å². The Kier molecular flexibility index (Phi) is 5.33. The zero-order valence-corrected chi connectivity index (χ0v) is 13.6. The van der Waals surface area contributed by atoms with E-state index in [2.05, 4.69) is 5.10 Å². The Balaban J connectivity index is 2.12. The topological polar surface area (TPSA) is 47.4 Å². The Labute approximate surface area is 133 Å². The first-order chi connectivity index (χ1) is 10.7. The third-order valence-corrected chi connectivity index (χ3v) is 4.12. The van der Waals surface area contributed by atoms with Crippen LogP contribution in [0.5, 0.6) is 0 Å². The van der Waals surface area contributed by atoms with Crippen molar-refractivity contribution in [3.63, 3.8) is 0 Å². The van der Waals surface area contributed by atoms with Gasteiger partial charge in [-0.3, -0.25) is 9.48 Å². The zero-order chi connectivity index (χ0) is 17.2. The van der Waals surface area contributed by atoms with Gasteiger partial charge < -0.3 is 9.64 Å². The summed E-state index contributed by atoms with van der Waals surface area (Å²) in [6.07, 6.45) is -1.16. The highest BCUT2D eigenvalue weighted by Gasteiger charge is 2.38. The molecule has 5 nitrogen and oxygen atoms in total. The number of carbonyl (C=O) groups excluding carboxylic acids is 1. The van der Waals surface area contributed by atoms with Crippen LogP contribution in [0.15, 0.2) is 6.20 Å². The number of carbonyl (C=O) groups is 1.